The van der Waals surface area contributed by atoms with E-state index in [1.807, 2.05) is 67.9 Å². The molecule has 0 saturated carbocycles. The number of amides is 2. The molecule has 3 rings (SSSR count). The molecule has 1 N–H and O–H groups in total. The van der Waals surface area contributed by atoms with E-state index in [1.165, 1.54) is 11.0 Å². The van der Waals surface area contributed by atoms with Crippen molar-refractivity contribution in [3.05, 3.63) is 77.6 Å². The van der Waals surface area contributed by atoms with Crippen LogP contribution in [0.5, 0.6) is 5.75 Å². The van der Waals surface area contributed by atoms with Crippen LogP contribution in [0, 0.1) is 13.8 Å². The molecule has 2 aromatic carbocycles. The molecule has 2 amide bonds. The predicted octanol–water partition coefficient (Wildman–Crippen LogP) is 4.39. The van der Waals surface area contributed by atoms with E-state index >= 15 is 0 Å². The Morgan fingerprint density at radius 2 is 1.79 bits per heavy atom. The predicted molar refractivity (Wildman–Crippen MR) is 131 cm³/mol. The van der Waals surface area contributed by atoms with Crippen LogP contribution in [0.15, 0.2) is 60.7 Å². The maximum atomic E-state index is 12.9. The van der Waals surface area contributed by atoms with Gasteiger partial charge in [-0.25, -0.2) is 4.68 Å². The highest BCUT2D eigenvalue weighted by Crippen LogP contribution is 2.23. The quantitative estimate of drug-likeness (QED) is 0.495. The number of methoxy groups -OCH3 is 1. The second kappa shape index (κ2) is 11.1. The summed E-state index contributed by atoms with van der Waals surface area (Å²) < 4.78 is 7.14. The van der Waals surface area contributed by atoms with Crippen molar-refractivity contribution < 1.29 is 14.3 Å². The van der Waals surface area contributed by atoms with Crippen molar-refractivity contribution in [2.45, 2.75) is 27.2 Å². The number of nitrogens with zero attached hydrogens (tertiary/aromatic N) is 3. The fraction of sp³-hybridized carbons (Fsp3) is 0.269. The first kappa shape index (κ1) is 23.8. The lowest BCUT2D eigenvalue weighted by Gasteiger charge is -2.20. The van der Waals surface area contributed by atoms with E-state index < -0.39 is 0 Å². The van der Waals surface area contributed by atoms with E-state index in [4.69, 9.17) is 4.74 Å². The van der Waals surface area contributed by atoms with Gasteiger partial charge in [-0.3, -0.25) is 9.59 Å². The van der Waals surface area contributed by atoms with Crippen LogP contribution in [0.25, 0.3) is 11.8 Å². The van der Waals surface area contributed by atoms with Crippen LogP contribution in [0.4, 0.5) is 5.69 Å². The van der Waals surface area contributed by atoms with Crippen LogP contribution in [0.3, 0.4) is 0 Å². The number of para-hydroxylation sites is 3. The first-order valence-electron chi connectivity index (χ1n) is 11.0. The van der Waals surface area contributed by atoms with Crippen molar-refractivity contribution in [3.8, 4) is 11.4 Å². The summed E-state index contributed by atoms with van der Waals surface area (Å²) in [7, 11) is 1.55. The van der Waals surface area contributed by atoms with Gasteiger partial charge in [0.15, 0.2) is 0 Å². The van der Waals surface area contributed by atoms with Gasteiger partial charge in [-0.2, -0.15) is 5.10 Å². The van der Waals surface area contributed by atoms with E-state index in [9.17, 15) is 9.59 Å². The molecule has 1 heterocycles. The minimum absolute atomic E-state index is 0.0453. The zero-order valence-electron chi connectivity index (χ0n) is 19.5. The third kappa shape index (κ3) is 5.88. The molecule has 0 unspecified atom stereocenters. The maximum absolute atomic E-state index is 12.9. The van der Waals surface area contributed by atoms with Gasteiger partial charge < -0.3 is 15.0 Å². The summed E-state index contributed by atoms with van der Waals surface area (Å²) >= 11 is 0. The van der Waals surface area contributed by atoms with Crippen molar-refractivity contribution in [2.75, 3.05) is 25.5 Å². The van der Waals surface area contributed by atoms with Crippen LogP contribution in [0.1, 0.15) is 30.3 Å². The fourth-order valence-electron chi connectivity index (χ4n) is 3.62. The van der Waals surface area contributed by atoms with E-state index in [2.05, 4.69) is 10.4 Å². The lowest BCUT2D eigenvalue weighted by molar-refractivity contribution is -0.130. The molecular weight excluding hydrogens is 416 g/mol. The smallest absolute Gasteiger partial charge is 0.247 e. The van der Waals surface area contributed by atoms with Crippen molar-refractivity contribution in [3.63, 3.8) is 0 Å². The highest BCUT2D eigenvalue weighted by molar-refractivity contribution is 5.98. The highest BCUT2D eigenvalue weighted by atomic mass is 16.5. The standard InChI is InChI=1S/C26H30N4O3/c1-5-17-29(18-25(31)27-23-13-9-10-14-24(23)33-4)26(32)16-15-22-19(2)28-30(20(22)3)21-11-7-6-8-12-21/h6-16H,5,17-18H2,1-4H3,(H,27,31). The molecular formula is C26H30N4O3. The molecule has 0 aliphatic rings. The molecule has 0 fully saturated rings. The van der Waals surface area contributed by atoms with Gasteiger partial charge in [0.2, 0.25) is 11.8 Å². The monoisotopic (exact) mass is 446 g/mol. The second-order valence-corrected chi connectivity index (χ2v) is 7.67. The van der Waals surface area contributed by atoms with Crippen molar-refractivity contribution in [1.29, 1.82) is 0 Å². The summed E-state index contributed by atoms with van der Waals surface area (Å²) in [6.45, 7) is 6.29. The zero-order chi connectivity index (χ0) is 23.8. The Balaban J connectivity index is 1.73. The molecule has 0 bridgehead atoms. The number of benzene rings is 2. The summed E-state index contributed by atoms with van der Waals surface area (Å²) in [6, 6.07) is 17.0. The van der Waals surface area contributed by atoms with E-state index in [0.29, 0.717) is 18.0 Å². The zero-order valence-corrected chi connectivity index (χ0v) is 19.5. The molecule has 172 valence electrons. The Bertz CT molecular complexity index is 1140. The SMILES string of the molecule is CCCN(CC(=O)Nc1ccccc1OC)C(=O)C=Cc1c(C)nn(-c2ccccc2)c1C. The van der Waals surface area contributed by atoms with Gasteiger partial charge in [-0.1, -0.05) is 37.3 Å². The molecule has 0 radical (unpaired) electrons. The number of hydrogen-bond acceptors (Lipinski definition) is 4. The molecule has 33 heavy (non-hydrogen) atoms. The number of anilines is 1. The summed E-state index contributed by atoms with van der Waals surface area (Å²) in [6.07, 6.45) is 4.03. The molecule has 0 atom stereocenters. The number of hydrogen-bond donors (Lipinski definition) is 1. The maximum Gasteiger partial charge on any atom is 0.247 e. The van der Waals surface area contributed by atoms with Gasteiger partial charge in [-0.05, 0) is 50.6 Å². The topological polar surface area (TPSA) is 76.5 Å². The van der Waals surface area contributed by atoms with Crippen LogP contribution in [0.2, 0.25) is 0 Å². The number of rotatable bonds is 9. The molecule has 0 aliphatic carbocycles. The van der Waals surface area contributed by atoms with Crippen LogP contribution >= 0.6 is 0 Å². The Labute approximate surface area is 194 Å². The number of aromatic nitrogens is 2. The van der Waals surface area contributed by atoms with Crippen molar-refractivity contribution >= 4 is 23.6 Å². The fourth-order valence-corrected chi connectivity index (χ4v) is 3.62. The number of carbonyl (C=O) groups excluding carboxylic acids is 2. The minimum Gasteiger partial charge on any atom is -0.495 e. The highest BCUT2D eigenvalue weighted by Gasteiger charge is 2.17. The Morgan fingerprint density at radius 3 is 2.48 bits per heavy atom. The second-order valence-electron chi connectivity index (χ2n) is 7.67. The van der Waals surface area contributed by atoms with E-state index in [1.54, 1.807) is 25.3 Å². The van der Waals surface area contributed by atoms with Gasteiger partial charge in [-0.15, -0.1) is 0 Å². The van der Waals surface area contributed by atoms with Gasteiger partial charge in [0, 0.05) is 23.9 Å². The van der Waals surface area contributed by atoms with Crippen LogP contribution in [-0.4, -0.2) is 46.7 Å². The third-order valence-corrected chi connectivity index (χ3v) is 5.26. The molecule has 0 aliphatic heterocycles. The summed E-state index contributed by atoms with van der Waals surface area (Å²) in [5.41, 5.74) is 4.20. The van der Waals surface area contributed by atoms with Gasteiger partial charge in [0.1, 0.15) is 12.3 Å². The first-order chi connectivity index (χ1) is 15.9. The lowest BCUT2D eigenvalue weighted by atomic mass is 10.1. The lowest BCUT2D eigenvalue weighted by Crippen LogP contribution is -2.37. The average Bonchev–Trinajstić information content (AvgIpc) is 3.11. The van der Waals surface area contributed by atoms with Crippen LogP contribution < -0.4 is 10.1 Å². The average molecular weight is 447 g/mol. The molecule has 7 heteroatoms. The Morgan fingerprint density at radius 1 is 1.09 bits per heavy atom. The third-order valence-electron chi connectivity index (χ3n) is 5.26. The summed E-state index contributed by atoms with van der Waals surface area (Å²) in [4.78, 5) is 27.1. The largest absolute Gasteiger partial charge is 0.495 e. The van der Waals surface area contributed by atoms with Gasteiger partial charge in [0.25, 0.3) is 0 Å². The number of carbonyl (C=O) groups is 2. The van der Waals surface area contributed by atoms with E-state index in [-0.39, 0.29) is 18.4 Å². The van der Waals surface area contributed by atoms with E-state index in [0.717, 1.165) is 29.1 Å². The molecule has 0 spiro atoms. The number of ether oxygens (including phenoxy) is 1. The summed E-state index contributed by atoms with van der Waals surface area (Å²) in [5.74, 6) is 0.0674. The molecule has 1 aromatic heterocycles. The number of nitrogens with one attached hydrogen (secondary N) is 1. The first-order valence-corrected chi connectivity index (χ1v) is 11.0. The summed E-state index contributed by atoms with van der Waals surface area (Å²) in [5, 5.41) is 7.44. The Hall–Kier alpha value is -3.87. The van der Waals surface area contributed by atoms with Crippen LogP contribution in [-0.2, 0) is 9.59 Å². The molecule has 7 nitrogen and oxygen atoms in total. The minimum atomic E-state index is -0.279. The normalized spacial score (nSPS) is 10.9. The Kier molecular flexibility index (Phi) is 8.02. The van der Waals surface area contributed by atoms with Crippen molar-refractivity contribution in [1.82, 2.24) is 14.7 Å². The van der Waals surface area contributed by atoms with Gasteiger partial charge >= 0.3 is 0 Å². The van der Waals surface area contributed by atoms with Crippen molar-refractivity contribution in [2.24, 2.45) is 0 Å². The van der Waals surface area contributed by atoms with Gasteiger partial charge in [0.05, 0.1) is 24.2 Å². The molecule has 3 aromatic rings. The number of aryl methyl sites for hydroxylation is 1. The molecule has 0 saturated heterocycles.